The van der Waals surface area contributed by atoms with E-state index in [2.05, 4.69) is 0 Å². The van der Waals surface area contributed by atoms with Crippen LogP contribution in [0.2, 0.25) is 0 Å². The van der Waals surface area contributed by atoms with E-state index >= 15 is 0 Å². The first kappa shape index (κ1) is 26.0. The topological polar surface area (TPSA) is 88.3 Å². The van der Waals surface area contributed by atoms with Gasteiger partial charge in [-0.2, -0.15) is 8.42 Å². The third kappa shape index (κ3) is 5.38. The zero-order valence-corrected chi connectivity index (χ0v) is 21.0. The summed E-state index contributed by atoms with van der Waals surface area (Å²) >= 11 is 0. The number of nitrogens with zero attached hydrogens (tertiary/aromatic N) is 1. The number of fused-ring (bicyclic) bond motifs is 1. The number of quaternary nitrogens is 1. The molecule has 2 aromatic carbocycles. The van der Waals surface area contributed by atoms with Gasteiger partial charge >= 0.3 is 16.1 Å². The van der Waals surface area contributed by atoms with Gasteiger partial charge in [0.05, 0.1) is 31.1 Å². The van der Waals surface area contributed by atoms with Gasteiger partial charge in [0.2, 0.25) is 0 Å². The number of halogens is 1. The second kappa shape index (κ2) is 10.8. The molecule has 1 aliphatic rings. The molecule has 0 unspecified atom stereocenters. The van der Waals surface area contributed by atoms with Crippen molar-refractivity contribution in [1.82, 2.24) is 4.57 Å². The average molecular weight is 509 g/mol. The van der Waals surface area contributed by atoms with Gasteiger partial charge in [-0.05, 0) is 44.2 Å². The summed E-state index contributed by atoms with van der Waals surface area (Å²) in [6, 6.07) is 11.4. The second-order valence-electron chi connectivity index (χ2n) is 8.17. The van der Waals surface area contributed by atoms with Crippen molar-refractivity contribution >= 4 is 27.0 Å². The Balaban J connectivity index is 0.00000324. The molecule has 0 aliphatic carbocycles. The van der Waals surface area contributed by atoms with Gasteiger partial charge in [0, 0.05) is 18.0 Å². The van der Waals surface area contributed by atoms with Gasteiger partial charge in [-0.15, -0.1) is 0 Å². The Labute approximate surface area is 205 Å². The number of aromatic nitrogens is 1. The minimum atomic E-state index is -4.01. The van der Waals surface area contributed by atoms with Crippen molar-refractivity contribution in [2.24, 2.45) is 7.05 Å². The number of carbonyl (C=O) groups is 1. The van der Waals surface area contributed by atoms with Crippen LogP contribution in [-0.4, -0.2) is 51.9 Å². The van der Waals surface area contributed by atoms with Crippen LogP contribution in [0.15, 0.2) is 47.4 Å². The standard InChI is InChI=1S/C24H28N2O6S.ClH/c1-4-31-24(27)23-20-15-18(32-33(28,29)19-8-5-17(2)6-9-19)7-10-21(20)25(3)22(23)16-26-11-13-30-14-12-26;/h5-10,15H,4,11-14,16H2,1-3H3;1H. The first-order valence-electron chi connectivity index (χ1n) is 11.0. The molecule has 184 valence electrons. The molecular formula is C24H29ClN2O6S. The van der Waals surface area contributed by atoms with Gasteiger partial charge in [-0.1, -0.05) is 17.7 Å². The van der Waals surface area contributed by atoms with Crippen LogP contribution in [0.5, 0.6) is 5.75 Å². The fourth-order valence-corrected chi connectivity index (χ4v) is 5.04. The predicted octanol–water partition coefficient (Wildman–Crippen LogP) is -1.15. The first-order valence-corrected chi connectivity index (χ1v) is 12.4. The van der Waals surface area contributed by atoms with Gasteiger partial charge in [0.15, 0.2) is 0 Å². The third-order valence-electron chi connectivity index (χ3n) is 5.90. The molecule has 0 atom stereocenters. The van der Waals surface area contributed by atoms with Crippen molar-refractivity contribution in [3.05, 3.63) is 59.3 Å². The van der Waals surface area contributed by atoms with Crippen LogP contribution in [0, 0.1) is 6.92 Å². The van der Waals surface area contributed by atoms with Gasteiger partial charge < -0.3 is 35.5 Å². The van der Waals surface area contributed by atoms with Crippen molar-refractivity contribution in [3.63, 3.8) is 0 Å². The zero-order valence-electron chi connectivity index (χ0n) is 19.5. The molecule has 0 spiro atoms. The van der Waals surface area contributed by atoms with Crippen LogP contribution >= 0.6 is 0 Å². The lowest BCUT2D eigenvalue weighted by atomic mass is 10.1. The summed E-state index contributed by atoms with van der Waals surface area (Å²) in [5.74, 6) is -0.284. The smallest absolute Gasteiger partial charge is 0.340 e. The molecule has 3 aromatic rings. The lowest BCUT2D eigenvalue weighted by Crippen LogP contribution is -3.12. The fraction of sp³-hybridized carbons (Fsp3) is 0.375. The van der Waals surface area contributed by atoms with E-state index in [1.807, 2.05) is 18.5 Å². The Bertz CT molecular complexity index is 1260. The number of carbonyl (C=O) groups excluding carboxylic acids is 1. The minimum absolute atomic E-state index is 0. The molecule has 1 fully saturated rings. The molecule has 0 radical (unpaired) electrons. The maximum atomic E-state index is 13.0. The second-order valence-corrected chi connectivity index (χ2v) is 9.72. The van der Waals surface area contributed by atoms with E-state index in [0.29, 0.717) is 30.7 Å². The maximum absolute atomic E-state index is 13.0. The Morgan fingerprint density at radius 2 is 1.79 bits per heavy atom. The van der Waals surface area contributed by atoms with Crippen LogP contribution in [0.3, 0.4) is 0 Å². The highest BCUT2D eigenvalue weighted by Crippen LogP contribution is 2.31. The van der Waals surface area contributed by atoms with Gasteiger partial charge in [0.1, 0.15) is 30.3 Å². The monoisotopic (exact) mass is 508 g/mol. The molecule has 34 heavy (non-hydrogen) atoms. The number of hydrogen-bond acceptors (Lipinski definition) is 6. The number of esters is 1. The quantitative estimate of drug-likeness (QED) is 0.320. The van der Waals surface area contributed by atoms with E-state index < -0.39 is 16.1 Å². The van der Waals surface area contributed by atoms with Crippen molar-refractivity contribution in [1.29, 1.82) is 0 Å². The highest BCUT2D eigenvalue weighted by molar-refractivity contribution is 7.87. The normalized spacial score (nSPS) is 14.6. The molecule has 2 heterocycles. The summed E-state index contributed by atoms with van der Waals surface area (Å²) in [5, 5.41) is 0.607. The van der Waals surface area contributed by atoms with Gasteiger partial charge in [0.25, 0.3) is 0 Å². The Morgan fingerprint density at radius 3 is 2.44 bits per heavy atom. The highest BCUT2D eigenvalue weighted by atomic mass is 35.5. The SMILES string of the molecule is CCOC(=O)c1c(C[NH+]2CCOCC2)n(C)c2ccc(OS(=O)(=O)c3ccc(C)cc3)cc12.[Cl-]. The maximum Gasteiger partial charge on any atom is 0.340 e. The molecule has 1 aromatic heterocycles. The number of benzene rings is 2. The van der Waals surface area contributed by atoms with E-state index in [1.54, 1.807) is 37.3 Å². The predicted molar refractivity (Wildman–Crippen MR) is 123 cm³/mol. The highest BCUT2D eigenvalue weighted by Gasteiger charge is 2.27. The number of nitrogens with one attached hydrogen (secondary N) is 1. The summed E-state index contributed by atoms with van der Waals surface area (Å²) in [4.78, 5) is 14.3. The van der Waals surface area contributed by atoms with Crippen LogP contribution in [0.4, 0.5) is 0 Å². The molecule has 4 rings (SSSR count). The van der Waals surface area contributed by atoms with E-state index in [-0.39, 0.29) is 29.7 Å². The zero-order chi connectivity index (χ0) is 23.6. The van der Waals surface area contributed by atoms with Crippen LogP contribution in [-0.2, 0) is 33.2 Å². The Kier molecular flexibility index (Phi) is 8.25. The van der Waals surface area contributed by atoms with Crippen molar-refractivity contribution < 1.29 is 44.2 Å². The molecule has 1 N–H and O–H groups in total. The van der Waals surface area contributed by atoms with Crippen molar-refractivity contribution in [3.8, 4) is 5.75 Å². The van der Waals surface area contributed by atoms with Crippen LogP contribution < -0.4 is 21.5 Å². The fourth-order valence-electron chi connectivity index (χ4n) is 4.12. The van der Waals surface area contributed by atoms with Crippen molar-refractivity contribution in [2.75, 3.05) is 32.9 Å². The molecule has 1 saturated heterocycles. The van der Waals surface area contributed by atoms with E-state index in [0.717, 1.165) is 29.9 Å². The lowest BCUT2D eigenvalue weighted by Gasteiger charge is -2.24. The van der Waals surface area contributed by atoms with Crippen LogP contribution in [0.25, 0.3) is 10.9 Å². The largest absolute Gasteiger partial charge is 1.00 e. The number of ether oxygens (including phenoxy) is 2. The number of morpholine rings is 1. The lowest BCUT2D eigenvalue weighted by molar-refractivity contribution is -0.921. The molecule has 0 saturated carbocycles. The van der Waals surface area contributed by atoms with Crippen LogP contribution in [0.1, 0.15) is 28.5 Å². The summed E-state index contributed by atoms with van der Waals surface area (Å²) in [5.41, 5.74) is 3.06. The Morgan fingerprint density at radius 1 is 1.12 bits per heavy atom. The molecular weight excluding hydrogens is 480 g/mol. The molecule has 8 nitrogen and oxygen atoms in total. The summed E-state index contributed by atoms with van der Waals surface area (Å²) < 4.78 is 43.7. The first-order chi connectivity index (χ1) is 15.8. The van der Waals surface area contributed by atoms with Gasteiger partial charge in [-0.25, -0.2) is 4.79 Å². The molecule has 1 aliphatic heterocycles. The average Bonchev–Trinajstić information content (AvgIpc) is 3.05. The van der Waals surface area contributed by atoms with E-state index in [9.17, 15) is 13.2 Å². The Hall–Kier alpha value is -2.59. The third-order valence-corrected chi connectivity index (χ3v) is 7.17. The van der Waals surface area contributed by atoms with E-state index in [4.69, 9.17) is 13.7 Å². The molecule has 0 bridgehead atoms. The molecule has 0 amide bonds. The minimum Gasteiger partial charge on any atom is -1.00 e. The van der Waals surface area contributed by atoms with Crippen molar-refractivity contribution in [2.45, 2.75) is 25.3 Å². The summed E-state index contributed by atoms with van der Waals surface area (Å²) in [6.45, 7) is 7.61. The van der Waals surface area contributed by atoms with Gasteiger partial charge in [-0.3, -0.25) is 0 Å². The summed E-state index contributed by atoms with van der Waals surface area (Å²) in [6.07, 6.45) is 0. The molecule has 10 heteroatoms. The number of aryl methyl sites for hydroxylation is 2. The van der Waals surface area contributed by atoms with E-state index in [1.165, 1.54) is 17.0 Å². The summed E-state index contributed by atoms with van der Waals surface area (Å²) in [7, 11) is -2.10. The number of rotatable bonds is 7. The number of hydrogen-bond donors (Lipinski definition) is 1.